The van der Waals surface area contributed by atoms with E-state index in [1.807, 2.05) is 6.92 Å². The number of nitrogen functional groups attached to an aromatic ring is 1. The van der Waals surface area contributed by atoms with Gasteiger partial charge in [-0.3, -0.25) is 0 Å². The molecule has 0 fully saturated rings. The number of halogens is 1. The van der Waals surface area contributed by atoms with Gasteiger partial charge >= 0.3 is 0 Å². The minimum absolute atomic E-state index is 0.263. The van der Waals surface area contributed by atoms with Crippen molar-refractivity contribution >= 4 is 38.9 Å². The molecular weight excluding hydrogens is 324 g/mol. The van der Waals surface area contributed by atoms with Crippen LogP contribution in [-0.4, -0.2) is 9.97 Å². The molecule has 6 heteroatoms. The molecule has 0 bridgehead atoms. The van der Waals surface area contributed by atoms with Crippen molar-refractivity contribution in [2.24, 2.45) is 0 Å². The first-order valence-electron chi connectivity index (χ1n) is 6.08. The van der Waals surface area contributed by atoms with E-state index in [9.17, 15) is 0 Å². The molecule has 3 N–H and O–H groups in total. The third kappa shape index (κ3) is 3.45. The first-order valence-corrected chi connectivity index (χ1v) is 7.75. The summed E-state index contributed by atoms with van der Waals surface area (Å²) in [6, 6.07) is 2.10. The predicted molar refractivity (Wildman–Crippen MR) is 84.6 cm³/mol. The maximum atomic E-state index is 5.94. The van der Waals surface area contributed by atoms with E-state index in [4.69, 9.17) is 5.73 Å². The lowest BCUT2D eigenvalue weighted by atomic mass is 10.2. The predicted octanol–water partition coefficient (Wildman–Crippen LogP) is 3.93. The van der Waals surface area contributed by atoms with Crippen LogP contribution in [0.1, 0.15) is 36.0 Å². The molecule has 0 amide bonds. The zero-order valence-corrected chi connectivity index (χ0v) is 13.6. The number of nitrogens with two attached hydrogens (primary N) is 1. The summed E-state index contributed by atoms with van der Waals surface area (Å²) < 4.78 is 1.11. The van der Waals surface area contributed by atoms with E-state index >= 15 is 0 Å². The highest BCUT2D eigenvalue weighted by Gasteiger charge is 2.11. The van der Waals surface area contributed by atoms with E-state index in [1.165, 1.54) is 4.88 Å². The van der Waals surface area contributed by atoms with Gasteiger partial charge in [-0.2, -0.15) is 0 Å². The lowest BCUT2D eigenvalue weighted by molar-refractivity contribution is 0.774. The largest absolute Gasteiger partial charge is 0.383 e. The van der Waals surface area contributed by atoms with Crippen LogP contribution in [0.5, 0.6) is 0 Å². The van der Waals surface area contributed by atoms with Crippen LogP contribution in [-0.2, 0) is 6.54 Å². The van der Waals surface area contributed by atoms with Crippen LogP contribution >= 0.6 is 27.3 Å². The van der Waals surface area contributed by atoms with E-state index in [-0.39, 0.29) is 5.92 Å². The van der Waals surface area contributed by atoms with Crippen molar-refractivity contribution in [2.75, 3.05) is 11.1 Å². The van der Waals surface area contributed by atoms with Crippen molar-refractivity contribution in [3.63, 3.8) is 0 Å². The maximum Gasteiger partial charge on any atom is 0.135 e. The number of thiophene rings is 1. The second kappa shape index (κ2) is 5.88. The van der Waals surface area contributed by atoms with Crippen LogP contribution in [0.3, 0.4) is 0 Å². The van der Waals surface area contributed by atoms with Crippen LogP contribution in [0.15, 0.2) is 15.9 Å². The molecule has 0 aliphatic rings. The Morgan fingerprint density at radius 1 is 1.42 bits per heavy atom. The molecule has 2 heterocycles. The lowest BCUT2D eigenvalue weighted by Crippen LogP contribution is -2.10. The van der Waals surface area contributed by atoms with Gasteiger partial charge < -0.3 is 11.1 Å². The summed E-state index contributed by atoms with van der Waals surface area (Å²) in [6.45, 7) is 6.80. The average molecular weight is 341 g/mol. The van der Waals surface area contributed by atoms with E-state index in [0.29, 0.717) is 5.82 Å². The summed E-state index contributed by atoms with van der Waals surface area (Å²) in [4.78, 5) is 10.1. The zero-order valence-electron chi connectivity index (χ0n) is 11.2. The third-order valence-electron chi connectivity index (χ3n) is 2.77. The summed E-state index contributed by atoms with van der Waals surface area (Å²) in [6.07, 6.45) is 0. The Morgan fingerprint density at radius 3 is 2.74 bits per heavy atom. The Hall–Kier alpha value is -1.14. The highest BCUT2D eigenvalue weighted by atomic mass is 79.9. The Morgan fingerprint density at radius 2 is 2.16 bits per heavy atom. The van der Waals surface area contributed by atoms with Gasteiger partial charge in [0, 0.05) is 26.2 Å². The Bertz CT molecular complexity index is 580. The first kappa shape index (κ1) is 14.3. The minimum Gasteiger partial charge on any atom is -0.383 e. The Labute approximate surface area is 125 Å². The smallest absolute Gasteiger partial charge is 0.135 e. The van der Waals surface area contributed by atoms with Gasteiger partial charge in [0.1, 0.15) is 17.5 Å². The molecule has 0 spiro atoms. The zero-order chi connectivity index (χ0) is 14.0. The van der Waals surface area contributed by atoms with Crippen LogP contribution in [0, 0.1) is 6.92 Å². The van der Waals surface area contributed by atoms with E-state index in [0.717, 1.165) is 28.2 Å². The topological polar surface area (TPSA) is 63.8 Å². The number of anilines is 2. The number of rotatable bonds is 4. The second-order valence-corrected chi connectivity index (χ2v) is 6.59. The van der Waals surface area contributed by atoms with Gasteiger partial charge in [0.15, 0.2) is 0 Å². The van der Waals surface area contributed by atoms with Gasteiger partial charge in [-0.25, -0.2) is 9.97 Å². The minimum atomic E-state index is 0.263. The molecule has 2 aromatic rings. The molecule has 19 heavy (non-hydrogen) atoms. The second-order valence-electron chi connectivity index (χ2n) is 4.68. The molecule has 0 aliphatic carbocycles. The molecule has 0 aliphatic heterocycles. The lowest BCUT2D eigenvalue weighted by Gasteiger charge is -2.13. The Balaban J connectivity index is 2.19. The molecule has 0 saturated carbocycles. The highest BCUT2D eigenvalue weighted by Crippen LogP contribution is 2.24. The molecule has 0 aromatic carbocycles. The van der Waals surface area contributed by atoms with Crippen LogP contribution in [0.25, 0.3) is 0 Å². The van der Waals surface area contributed by atoms with Crippen molar-refractivity contribution in [3.05, 3.63) is 32.2 Å². The van der Waals surface area contributed by atoms with Crippen molar-refractivity contribution in [2.45, 2.75) is 33.2 Å². The van der Waals surface area contributed by atoms with Crippen LogP contribution < -0.4 is 11.1 Å². The van der Waals surface area contributed by atoms with Gasteiger partial charge in [-0.05, 0) is 28.9 Å². The standard InChI is InChI=1S/C13H17BrN4S/c1-7(2)12-17-11(15)8(3)13(18-12)16-5-10-4-9(14)6-19-10/h4,6-7H,5H2,1-3H3,(H3,15,16,17,18). The summed E-state index contributed by atoms with van der Waals surface area (Å²) in [7, 11) is 0. The summed E-state index contributed by atoms with van der Waals surface area (Å²) in [5.74, 6) is 2.41. The SMILES string of the molecule is Cc1c(N)nc(C(C)C)nc1NCc1cc(Br)cs1. The van der Waals surface area contributed by atoms with Gasteiger partial charge in [0.2, 0.25) is 0 Å². The number of nitrogens with one attached hydrogen (secondary N) is 1. The van der Waals surface area contributed by atoms with Gasteiger partial charge in [0.25, 0.3) is 0 Å². The molecular formula is C13H17BrN4S. The highest BCUT2D eigenvalue weighted by molar-refractivity contribution is 9.10. The quantitative estimate of drug-likeness (QED) is 0.885. The van der Waals surface area contributed by atoms with Crippen LogP contribution in [0.4, 0.5) is 11.6 Å². The molecule has 4 nitrogen and oxygen atoms in total. The molecule has 2 rings (SSSR count). The molecule has 0 unspecified atom stereocenters. The normalized spacial score (nSPS) is 11.0. The first-order chi connectivity index (χ1) is 8.97. The van der Waals surface area contributed by atoms with E-state index in [2.05, 4.69) is 56.5 Å². The Kier molecular flexibility index (Phi) is 4.42. The van der Waals surface area contributed by atoms with Crippen LogP contribution in [0.2, 0.25) is 0 Å². The average Bonchev–Trinajstić information content (AvgIpc) is 2.76. The number of hydrogen-bond donors (Lipinski definition) is 2. The molecule has 2 aromatic heterocycles. The molecule has 0 saturated heterocycles. The van der Waals surface area contributed by atoms with Gasteiger partial charge in [-0.1, -0.05) is 13.8 Å². The van der Waals surface area contributed by atoms with Crippen molar-refractivity contribution in [1.82, 2.24) is 9.97 Å². The summed E-state index contributed by atoms with van der Waals surface area (Å²) in [5, 5.41) is 5.40. The molecule has 0 radical (unpaired) electrons. The molecule has 102 valence electrons. The van der Waals surface area contributed by atoms with Crippen molar-refractivity contribution < 1.29 is 0 Å². The third-order valence-corrected chi connectivity index (χ3v) is 4.47. The number of aromatic nitrogens is 2. The fourth-order valence-corrected chi connectivity index (χ4v) is 2.99. The molecule has 0 atom stereocenters. The van der Waals surface area contributed by atoms with E-state index < -0.39 is 0 Å². The maximum absolute atomic E-state index is 5.94. The van der Waals surface area contributed by atoms with Gasteiger partial charge in [-0.15, -0.1) is 11.3 Å². The van der Waals surface area contributed by atoms with E-state index in [1.54, 1.807) is 11.3 Å². The van der Waals surface area contributed by atoms with Gasteiger partial charge in [0.05, 0.1) is 6.54 Å². The fourth-order valence-electron chi connectivity index (χ4n) is 1.60. The number of nitrogens with zero attached hydrogens (tertiary/aromatic N) is 2. The van der Waals surface area contributed by atoms with Crippen molar-refractivity contribution in [1.29, 1.82) is 0 Å². The monoisotopic (exact) mass is 340 g/mol. The fraction of sp³-hybridized carbons (Fsp3) is 0.385. The summed E-state index contributed by atoms with van der Waals surface area (Å²) >= 11 is 5.16. The van der Waals surface area contributed by atoms with Crippen molar-refractivity contribution in [3.8, 4) is 0 Å². The number of hydrogen-bond acceptors (Lipinski definition) is 5. The summed E-state index contributed by atoms with van der Waals surface area (Å²) in [5.41, 5.74) is 6.84.